The van der Waals surface area contributed by atoms with E-state index in [1.54, 1.807) is 26.0 Å². The quantitative estimate of drug-likeness (QED) is 0.0213. The first-order valence-electron chi connectivity index (χ1n) is 22.9. The molecule has 1 aliphatic carbocycles. The number of nitrogens with zero attached hydrogens (tertiary/aromatic N) is 3. The highest BCUT2D eigenvalue weighted by Crippen LogP contribution is 2.66. The van der Waals surface area contributed by atoms with Gasteiger partial charge in [0, 0.05) is 67.3 Å². The molecular formula is C43H49N8O22P3S2. The zero-order chi connectivity index (χ0) is 57.3. The van der Waals surface area contributed by atoms with Crippen LogP contribution in [0.5, 0.6) is 0 Å². The summed E-state index contributed by atoms with van der Waals surface area (Å²) in [4.78, 5) is 86.2. The van der Waals surface area contributed by atoms with Crippen LogP contribution in [0.25, 0.3) is 44.5 Å². The molecule has 78 heavy (non-hydrogen) atoms. The summed E-state index contributed by atoms with van der Waals surface area (Å²) in [7, 11) is -26.1. The van der Waals surface area contributed by atoms with Gasteiger partial charge in [-0.3, -0.25) is 28.4 Å². The predicted octanol–water partition coefficient (Wildman–Crippen LogP) is 0.420. The van der Waals surface area contributed by atoms with E-state index in [9.17, 15) is 68.9 Å². The summed E-state index contributed by atoms with van der Waals surface area (Å²) in [5.41, 5.74) is 4.67. The van der Waals surface area contributed by atoms with Crippen LogP contribution in [-0.4, -0.2) is 134 Å². The van der Waals surface area contributed by atoms with Gasteiger partial charge in [-0.1, -0.05) is 30.0 Å². The van der Waals surface area contributed by atoms with Crippen molar-refractivity contribution in [2.75, 3.05) is 50.9 Å². The second kappa shape index (κ2) is 23.3. The number of nitrogens with two attached hydrogens (primary N) is 1. The first-order chi connectivity index (χ1) is 36.4. The first-order valence-corrected chi connectivity index (χ1v) is 30.2. The van der Waals surface area contributed by atoms with E-state index in [0.717, 1.165) is 0 Å². The number of hydrogen-bond donors (Lipinski definition) is 11. The summed E-state index contributed by atoms with van der Waals surface area (Å²) in [6, 6.07) is 11.7. The van der Waals surface area contributed by atoms with Crippen LogP contribution in [0.3, 0.4) is 0 Å². The molecule has 2 aromatic heterocycles. The Morgan fingerprint density at radius 3 is 2.41 bits per heavy atom. The van der Waals surface area contributed by atoms with Crippen molar-refractivity contribution in [3.8, 4) is 34.3 Å². The molecule has 1 saturated heterocycles. The van der Waals surface area contributed by atoms with Gasteiger partial charge in [0.1, 0.15) is 33.9 Å². The van der Waals surface area contributed by atoms with Gasteiger partial charge in [-0.2, -0.15) is 22.0 Å². The lowest BCUT2D eigenvalue weighted by molar-refractivity contribution is -0.498. The smallest absolute Gasteiger partial charge is 0.490 e. The Morgan fingerprint density at radius 1 is 1.03 bits per heavy atom. The van der Waals surface area contributed by atoms with Crippen molar-refractivity contribution in [2.45, 2.75) is 61.3 Å². The Morgan fingerprint density at radius 2 is 1.74 bits per heavy atom. The molecule has 5 atom stereocenters. The van der Waals surface area contributed by atoms with Crippen molar-refractivity contribution in [3.63, 3.8) is 0 Å². The number of nitrogen functional groups attached to an aromatic ring is 1. The normalized spacial score (nSPS) is 17.9. The number of H-pyrrole nitrogens is 1. The molecular weight excluding hydrogens is 1140 g/mol. The van der Waals surface area contributed by atoms with Gasteiger partial charge in [0.25, 0.3) is 11.5 Å². The van der Waals surface area contributed by atoms with Crippen LogP contribution in [0.1, 0.15) is 55.3 Å². The molecule has 30 nitrogen and oxygen atoms in total. The molecule has 4 aromatic rings. The van der Waals surface area contributed by atoms with E-state index in [0.29, 0.717) is 0 Å². The second-order valence-corrected chi connectivity index (χ2v) is 24.1. The number of phosphoric ester groups is 1. The van der Waals surface area contributed by atoms with Crippen molar-refractivity contribution in [3.05, 3.63) is 81.6 Å². The lowest BCUT2D eigenvalue weighted by Crippen LogP contribution is -2.76. The summed E-state index contributed by atoms with van der Waals surface area (Å²) < 4.78 is 135. The van der Waals surface area contributed by atoms with Crippen LogP contribution in [0.2, 0.25) is 0 Å². The van der Waals surface area contributed by atoms with E-state index < -0.39 is 107 Å². The number of fused-ring (bicyclic) bond motifs is 3. The molecule has 0 spiro atoms. The van der Waals surface area contributed by atoms with Crippen molar-refractivity contribution < 1.29 is 101 Å². The van der Waals surface area contributed by atoms with Crippen molar-refractivity contribution in [2.24, 2.45) is 0 Å². The van der Waals surface area contributed by atoms with Gasteiger partial charge >= 0.3 is 33.6 Å². The van der Waals surface area contributed by atoms with E-state index in [1.807, 2.05) is 0 Å². The molecule has 2 aliphatic heterocycles. The number of amides is 2. The fourth-order valence-electron chi connectivity index (χ4n) is 8.46. The van der Waals surface area contributed by atoms with Crippen LogP contribution in [0.15, 0.2) is 73.7 Å². The highest BCUT2D eigenvalue weighted by atomic mass is 32.2. The zero-order valence-electron chi connectivity index (χ0n) is 40.9. The number of nitrogens with one attached hydrogen (secondary N) is 4. The standard InChI is InChI=1S/C43H49N8O22P3S2/c1-4-45-28-16-14-26-35(27-15-17-29(46-5-2)39(78(66,67)68)37(27)71-36(26)38(28)77(63,64)65)24-11-6-7-12-25(24)42(55)50(3)19-9-13-32(53)47-18-8-10-23-21-51(40-34(23)41(54)49-43(44)48-40)33-20-30(52)31(70-33)22-69-75(59,60)73-76(61,62)72-74(56,57)58/h6-7,11-12,14-17,21,30-31,33,45,52H,4-5,9,13,18-20,22H2,1-3H3,(H,47,53)(H,59,60)(H,61,62)(H2,56,57,58)(H,63,64,65)(H,66,67,68)(H3,44,48,49,54)/t30-,31+,33+/m0/s1. The third-order valence-electron chi connectivity index (χ3n) is 11.5. The van der Waals surface area contributed by atoms with Gasteiger partial charge in [0.05, 0.1) is 35.9 Å². The van der Waals surface area contributed by atoms with Gasteiger partial charge in [-0.25, -0.2) is 27.1 Å². The van der Waals surface area contributed by atoms with Crippen LogP contribution in [-0.2, 0) is 56.6 Å². The molecule has 12 N–H and O–H groups in total. The number of hydrogen-bond acceptors (Lipinski definition) is 20. The highest BCUT2D eigenvalue weighted by Gasteiger charge is 2.43. The molecule has 7 rings (SSSR count). The maximum Gasteiger partial charge on any atom is 0.490 e. The van der Waals surface area contributed by atoms with Crippen LogP contribution < -0.4 is 32.3 Å². The van der Waals surface area contributed by atoms with E-state index >= 15 is 0 Å². The number of aromatic nitrogens is 3. The summed E-state index contributed by atoms with van der Waals surface area (Å²) in [6.45, 7) is 2.45. The Balaban J connectivity index is 1.06. The van der Waals surface area contributed by atoms with Gasteiger partial charge in [-0.15, -0.1) is 0 Å². The third-order valence-corrected chi connectivity index (χ3v) is 17.1. The predicted molar refractivity (Wildman–Crippen MR) is 270 cm³/mol. The van der Waals surface area contributed by atoms with Gasteiger partial charge in [0.2, 0.25) is 22.1 Å². The molecule has 0 saturated carbocycles. The maximum absolute atomic E-state index is 14.3. The minimum atomic E-state index is -5.83. The summed E-state index contributed by atoms with van der Waals surface area (Å²) >= 11 is 0. The highest BCUT2D eigenvalue weighted by molar-refractivity contribution is 7.86. The summed E-state index contributed by atoms with van der Waals surface area (Å²) in [5, 5.41) is 15.9. The molecule has 35 heteroatoms. The SMILES string of the molecule is CCNc1ccc2c(-c3ccccc3C(=O)N(C)CCCC(=O)NCC#Cc3cn([C@H]4C[C@H](O)[C@@H](COP(=O)(O)OP(=O)(O)OP(=O)(O)O)O4)c4nc(N)[nH]c(=O)c34)c3ccc(=[NH+]CC)c(S(=O)(=O)O)c-3oc2c1S(=O)(=O)[O-]. The first kappa shape index (κ1) is 59.5. The summed E-state index contributed by atoms with van der Waals surface area (Å²) in [6.07, 6.45) is -2.99. The average Bonchev–Trinajstić information content (AvgIpc) is 4.02. The van der Waals surface area contributed by atoms with Gasteiger partial charge < -0.3 is 64.2 Å². The van der Waals surface area contributed by atoms with Crippen molar-refractivity contribution in [1.29, 1.82) is 0 Å². The Kier molecular flexibility index (Phi) is 17.7. The fourth-order valence-corrected chi connectivity index (χ4v) is 13.1. The molecule has 1 fully saturated rings. The lowest BCUT2D eigenvalue weighted by atomic mass is 9.90. The number of rotatable bonds is 20. The molecule has 4 heterocycles. The minimum Gasteiger partial charge on any atom is -0.744 e. The van der Waals surface area contributed by atoms with Crippen LogP contribution >= 0.6 is 23.5 Å². The number of benzene rings is 3. The number of aliphatic hydroxyl groups excluding tert-OH is 1. The topological polar surface area (TPSA) is 466 Å². The molecule has 2 unspecified atom stereocenters. The van der Waals surface area contributed by atoms with Crippen LogP contribution in [0.4, 0.5) is 11.6 Å². The number of carbonyl (C=O) groups is 2. The minimum absolute atomic E-state index is 0.00685. The van der Waals surface area contributed by atoms with E-state index in [-0.39, 0.29) is 107 Å². The molecule has 2 amide bonds. The maximum atomic E-state index is 14.3. The van der Waals surface area contributed by atoms with Gasteiger partial charge in [-0.05, 0) is 50.1 Å². The number of phosphoric acid groups is 3. The monoisotopic (exact) mass is 1190 g/mol. The van der Waals surface area contributed by atoms with Crippen LogP contribution in [0, 0.1) is 11.8 Å². The molecule has 0 bridgehead atoms. The molecule has 3 aliphatic rings. The van der Waals surface area contributed by atoms with E-state index in [1.165, 1.54) is 59.1 Å². The number of aliphatic hydroxyl groups is 1. The summed E-state index contributed by atoms with van der Waals surface area (Å²) in [5.74, 6) is 3.56. The zero-order valence-corrected chi connectivity index (χ0v) is 45.2. The Hall–Kier alpha value is -6.20. The largest absolute Gasteiger partial charge is 0.744 e. The molecule has 0 radical (unpaired) electrons. The molecule has 420 valence electrons. The number of carbonyl (C=O) groups excluding carboxylic acids is 2. The fraction of sp³-hybridized carbons (Fsp3) is 0.326. The van der Waals surface area contributed by atoms with E-state index in [2.05, 4.69) is 50.6 Å². The lowest BCUT2D eigenvalue weighted by Gasteiger charge is -2.23. The van der Waals surface area contributed by atoms with Crippen molar-refractivity contribution in [1.82, 2.24) is 24.8 Å². The third kappa shape index (κ3) is 13.6. The number of aromatic amines is 1. The number of ether oxygens (including phenoxy) is 1. The van der Waals surface area contributed by atoms with Crippen molar-refractivity contribution >= 4 is 89.2 Å². The van der Waals surface area contributed by atoms with E-state index in [4.69, 9.17) is 24.7 Å². The van der Waals surface area contributed by atoms with Gasteiger partial charge in [0.15, 0.2) is 17.0 Å². The Bertz CT molecular complexity index is 3910. The average molecular weight is 1190 g/mol. The molecule has 2 aromatic carbocycles. The number of anilines is 2. The second-order valence-electron chi connectivity index (χ2n) is 17.0. The Labute approximate surface area is 441 Å².